The van der Waals surface area contributed by atoms with Gasteiger partial charge in [0.2, 0.25) is 5.91 Å². The average Bonchev–Trinajstić information content (AvgIpc) is 2.84. The van der Waals surface area contributed by atoms with Crippen LogP contribution in [0.25, 0.3) is 11.1 Å². The number of benzene rings is 2. The van der Waals surface area contributed by atoms with E-state index in [9.17, 15) is 18.0 Å². The smallest absolute Gasteiger partial charge is 0.324 e. The van der Waals surface area contributed by atoms with Crippen LogP contribution in [0.4, 0.5) is 24.5 Å². The normalized spacial score (nSPS) is 13.9. The first-order valence-electron chi connectivity index (χ1n) is 9.33. The SMILES string of the molecule is Cc1cc(-c2cccc(C3=Nc4cc(C(F)(F)F)c(C)cc4NC(=O)C3)c2)ccn1. The number of fused-ring (bicyclic) bond motifs is 1. The van der Waals surface area contributed by atoms with Gasteiger partial charge in [-0.25, -0.2) is 0 Å². The molecule has 1 aliphatic rings. The van der Waals surface area contributed by atoms with Crippen molar-refractivity contribution in [2.45, 2.75) is 26.4 Å². The molecule has 0 unspecified atom stereocenters. The van der Waals surface area contributed by atoms with Crippen LogP contribution in [-0.4, -0.2) is 16.6 Å². The van der Waals surface area contributed by atoms with Gasteiger partial charge < -0.3 is 5.32 Å². The quantitative estimate of drug-likeness (QED) is 0.577. The number of carbonyl (C=O) groups excluding carboxylic acids is 1. The molecule has 152 valence electrons. The Hall–Kier alpha value is -3.48. The summed E-state index contributed by atoms with van der Waals surface area (Å²) in [5.74, 6) is -0.322. The second-order valence-electron chi connectivity index (χ2n) is 7.23. The van der Waals surface area contributed by atoms with Crippen molar-refractivity contribution in [1.29, 1.82) is 0 Å². The molecule has 1 N–H and O–H groups in total. The number of alkyl halides is 3. The number of aliphatic imine (C=N–C) groups is 1. The zero-order valence-electron chi connectivity index (χ0n) is 16.3. The number of carbonyl (C=O) groups is 1. The van der Waals surface area contributed by atoms with E-state index >= 15 is 0 Å². The van der Waals surface area contributed by atoms with E-state index in [2.05, 4.69) is 15.3 Å². The lowest BCUT2D eigenvalue weighted by atomic mass is 10.00. The van der Waals surface area contributed by atoms with Crippen LogP contribution in [0, 0.1) is 13.8 Å². The zero-order valence-corrected chi connectivity index (χ0v) is 16.3. The first-order valence-corrected chi connectivity index (χ1v) is 9.33. The number of aromatic nitrogens is 1. The van der Waals surface area contributed by atoms with E-state index in [1.54, 1.807) is 12.3 Å². The third-order valence-electron chi connectivity index (χ3n) is 4.93. The van der Waals surface area contributed by atoms with Gasteiger partial charge >= 0.3 is 6.18 Å². The van der Waals surface area contributed by atoms with Gasteiger partial charge in [0.1, 0.15) is 0 Å². The maximum Gasteiger partial charge on any atom is 0.416 e. The second kappa shape index (κ2) is 7.40. The summed E-state index contributed by atoms with van der Waals surface area (Å²) in [5, 5.41) is 2.67. The molecule has 2 aromatic carbocycles. The van der Waals surface area contributed by atoms with E-state index in [0.29, 0.717) is 11.3 Å². The Balaban J connectivity index is 1.82. The minimum absolute atomic E-state index is 0.0338. The molecule has 7 heteroatoms. The molecule has 0 spiro atoms. The Morgan fingerprint density at radius 1 is 0.967 bits per heavy atom. The first kappa shape index (κ1) is 19.8. The highest BCUT2D eigenvalue weighted by Gasteiger charge is 2.33. The maximum absolute atomic E-state index is 13.3. The third kappa shape index (κ3) is 3.96. The van der Waals surface area contributed by atoms with Crippen molar-refractivity contribution in [1.82, 2.24) is 4.98 Å². The number of aryl methyl sites for hydroxylation is 2. The molecule has 0 fully saturated rings. The van der Waals surface area contributed by atoms with Gasteiger partial charge in [0.15, 0.2) is 0 Å². The average molecular weight is 409 g/mol. The predicted octanol–water partition coefficient (Wildman–Crippen LogP) is 5.85. The van der Waals surface area contributed by atoms with Crippen LogP contribution in [0.15, 0.2) is 59.7 Å². The van der Waals surface area contributed by atoms with E-state index < -0.39 is 11.7 Å². The number of amides is 1. The van der Waals surface area contributed by atoms with Crippen LogP contribution in [0.1, 0.15) is 28.8 Å². The Kier molecular flexibility index (Phi) is 4.89. The van der Waals surface area contributed by atoms with Crippen molar-refractivity contribution >= 4 is 23.0 Å². The molecule has 0 saturated heterocycles. The van der Waals surface area contributed by atoms with Crippen LogP contribution in [0.3, 0.4) is 0 Å². The van der Waals surface area contributed by atoms with Gasteiger partial charge in [-0.2, -0.15) is 13.2 Å². The lowest BCUT2D eigenvalue weighted by Gasteiger charge is -2.13. The summed E-state index contributed by atoms with van der Waals surface area (Å²) in [5.41, 5.74) is 3.48. The van der Waals surface area contributed by atoms with E-state index in [0.717, 1.165) is 22.9 Å². The van der Waals surface area contributed by atoms with Gasteiger partial charge in [-0.05, 0) is 66.4 Å². The van der Waals surface area contributed by atoms with Crippen LogP contribution in [-0.2, 0) is 11.0 Å². The largest absolute Gasteiger partial charge is 0.416 e. The molecule has 3 aromatic rings. The number of halogens is 3. The lowest BCUT2D eigenvalue weighted by molar-refractivity contribution is -0.138. The summed E-state index contributed by atoms with van der Waals surface area (Å²) >= 11 is 0. The van der Waals surface area contributed by atoms with Gasteiger partial charge in [-0.1, -0.05) is 18.2 Å². The minimum atomic E-state index is -4.50. The van der Waals surface area contributed by atoms with E-state index in [-0.39, 0.29) is 29.3 Å². The Labute approximate surface area is 171 Å². The fourth-order valence-corrected chi connectivity index (χ4v) is 3.50. The molecular formula is C23H18F3N3O. The molecule has 0 atom stereocenters. The van der Waals surface area contributed by atoms with Gasteiger partial charge in [-0.3, -0.25) is 14.8 Å². The Bertz CT molecular complexity index is 1180. The molecular weight excluding hydrogens is 391 g/mol. The molecule has 0 aliphatic carbocycles. The van der Waals surface area contributed by atoms with Crippen molar-refractivity contribution < 1.29 is 18.0 Å². The minimum Gasteiger partial charge on any atom is -0.324 e. The summed E-state index contributed by atoms with van der Waals surface area (Å²) in [7, 11) is 0. The summed E-state index contributed by atoms with van der Waals surface area (Å²) < 4.78 is 40.0. The Morgan fingerprint density at radius 2 is 1.70 bits per heavy atom. The number of rotatable bonds is 2. The fourth-order valence-electron chi connectivity index (χ4n) is 3.50. The lowest BCUT2D eigenvalue weighted by Crippen LogP contribution is -2.15. The zero-order chi connectivity index (χ0) is 21.5. The number of nitrogens with zero attached hydrogens (tertiary/aromatic N) is 2. The fraction of sp³-hybridized carbons (Fsp3) is 0.174. The van der Waals surface area contributed by atoms with Crippen molar-refractivity contribution in [2.75, 3.05) is 5.32 Å². The highest BCUT2D eigenvalue weighted by Crippen LogP contribution is 2.39. The standard InChI is InChI=1S/C23H18F3N3O/c1-13-8-20-21(11-18(13)23(24,25)26)28-19(12-22(30)29-20)17-5-3-4-15(10-17)16-6-7-27-14(2)9-16/h3-11H,12H2,1-2H3,(H,29,30). The van der Waals surface area contributed by atoms with Gasteiger partial charge in [0.25, 0.3) is 0 Å². The third-order valence-corrected chi connectivity index (χ3v) is 4.93. The number of hydrogen-bond acceptors (Lipinski definition) is 3. The molecule has 0 bridgehead atoms. The highest BCUT2D eigenvalue weighted by molar-refractivity contribution is 6.17. The second-order valence-corrected chi connectivity index (χ2v) is 7.23. The van der Waals surface area contributed by atoms with Crippen LogP contribution in [0.2, 0.25) is 0 Å². The van der Waals surface area contributed by atoms with Crippen LogP contribution < -0.4 is 5.32 Å². The molecule has 4 rings (SSSR count). The number of nitrogens with one attached hydrogen (secondary N) is 1. The molecule has 0 saturated carbocycles. The summed E-state index contributed by atoms with van der Waals surface area (Å²) in [4.78, 5) is 21.0. The highest BCUT2D eigenvalue weighted by atomic mass is 19.4. The number of hydrogen-bond donors (Lipinski definition) is 1. The van der Waals surface area contributed by atoms with Crippen molar-refractivity contribution in [3.63, 3.8) is 0 Å². The molecule has 1 aromatic heterocycles. The monoisotopic (exact) mass is 409 g/mol. The van der Waals surface area contributed by atoms with E-state index in [1.807, 2.05) is 37.3 Å². The summed E-state index contributed by atoms with van der Waals surface area (Å²) in [6.07, 6.45) is -2.82. The maximum atomic E-state index is 13.3. The number of pyridine rings is 1. The van der Waals surface area contributed by atoms with Gasteiger partial charge in [0, 0.05) is 11.9 Å². The molecule has 1 amide bonds. The van der Waals surface area contributed by atoms with Crippen molar-refractivity contribution in [3.05, 3.63) is 77.1 Å². The first-order chi connectivity index (χ1) is 14.2. The molecule has 0 radical (unpaired) electrons. The molecule has 2 heterocycles. The van der Waals surface area contributed by atoms with E-state index in [1.165, 1.54) is 13.0 Å². The Morgan fingerprint density at radius 3 is 2.43 bits per heavy atom. The predicted molar refractivity (Wildman–Crippen MR) is 110 cm³/mol. The van der Waals surface area contributed by atoms with Crippen molar-refractivity contribution in [2.24, 2.45) is 4.99 Å². The van der Waals surface area contributed by atoms with Crippen LogP contribution in [0.5, 0.6) is 0 Å². The molecule has 4 nitrogen and oxygen atoms in total. The number of anilines is 1. The molecule has 30 heavy (non-hydrogen) atoms. The van der Waals surface area contributed by atoms with Gasteiger partial charge in [-0.15, -0.1) is 0 Å². The topological polar surface area (TPSA) is 54.4 Å². The van der Waals surface area contributed by atoms with Gasteiger partial charge in [0.05, 0.1) is 29.1 Å². The van der Waals surface area contributed by atoms with Crippen LogP contribution >= 0.6 is 0 Å². The molecule has 1 aliphatic heterocycles. The van der Waals surface area contributed by atoms with E-state index in [4.69, 9.17) is 0 Å². The summed E-state index contributed by atoms with van der Waals surface area (Å²) in [6.45, 7) is 3.26. The summed E-state index contributed by atoms with van der Waals surface area (Å²) in [6, 6.07) is 13.6. The van der Waals surface area contributed by atoms with Crippen molar-refractivity contribution in [3.8, 4) is 11.1 Å².